The van der Waals surface area contributed by atoms with Gasteiger partial charge in [-0.1, -0.05) is 13.8 Å². The third kappa shape index (κ3) is 5.76. The minimum absolute atomic E-state index is 0.139. The monoisotopic (exact) mass is 314 g/mol. The number of carbonyl (C=O) groups is 1. The number of aliphatic hydroxyl groups is 1. The Balaban J connectivity index is 2.84. The zero-order valence-electron chi connectivity index (χ0n) is 15.3. The van der Waals surface area contributed by atoms with Crippen LogP contribution in [0.15, 0.2) is 0 Å². The molecule has 1 heterocycles. The summed E-state index contributed by atoms with van der Waals surface area (Å²) >= 11 is 0. The Bertz CT molecular complexity index is 371. The zero-order valence-corrected chi connectivity index (χ0v) is 15.3. The predicted molar refractivity (Wildman–Crippen MR) is 89.0 cm³/mol. The molecule has 130 valence electrons. The number of piperazine rings is 1. The van der Waals surface area contributed by atoms with Crippen molar-refractivity contribution in [3.05, 3.63) is 0 Å². The number of nitrogens with zero attached hydrogens (tertiary/aromatic N) is 2. The van der Waals surface area contributed by atoms with Crippen molar-refractivity contribution in [3.63, 3.8) is 0 Å². The molecule has 1 fully saturated rings. The second-order valence-corrected chi connectivity index (χ2v) is 8.00. The molecule has 0 aromatic heterocycles. The molecule has 1 saturated heterocycles. The fourth-order valence-corrected chi connectivity index (χ4v) is 2.98. The van der Waals surface area contributed by atoms with Crippen molar-refractivity contribution in [1.29, 1.82) is 0 Å². The van der Waals surface area contributed by atoms with E-state index in [9.17, 15) is 9.90 Å². The number of hydrogen-bond donors (Lipinski definition) is 1. The normalized spacial score (nSPS) is 24.5. The molecule has 22 heavy (non-hydrogen) atoms. The van der Waals surface area contributed by atoms with Crippen molar-refractivity contribution in [3.8, 4) is 0 Å². The van der Waals surface area contributed by atoms with Gasteiger partial charge in [-0.3, -0.25) is 4.90 Å². The molecule has 1 N–H and O–H groups in total. The molecular formula is C17H34N2O3. The highest BCUT2D eigenvalue weighted by atomic mass is 16.6. The average molecular weight is 314 g/mol. The first-order valence-electron chi connectivity index (χ1n) is 8.43. The van der Waals surface area contributed by atoms with Crippen LogP contribution in [0.5, 0.6) is 0 Å². The lowest BCUT2D eigenvalue weighted by atomic mass is 10.00. The standard InChI is InChI=1S/C17H34N2O3/c1-8-13-11-19(15(20)22-16(3,4)5)14(9-2)10-18(13)12-17(6,7)21/h13-14,21H,8-12H2,1-7H3. The van der Waals surface area contributed by atoms with Gasteiger partial charge in [0, 0.05) is 31.7 Å². The average Bonchev–Trinajstić information content (AvgIpc) is 2.34. The fourth-order valence-electron chi connectivity index (χ4n) is 2.98. The number of hydrogen-bond acceptors (Lipinski definition) is 4. The Hall–Kier alpha value is -0.810. The highest BCUT2D eigenvalue weighted by Crippen LogP contribution is 2.24. The molecule has 0 spiro atoms. The van der Waals surface area contributed by atoms with Gasteiger partial charge in [-0.25, -0.2) is 4.79 Å². The van der Waals surface area contributed by atoms with E-state index < -0.39 is 11.2 Å². The molecule has 1 rings (SSSR count). The lowest BCUT2D eigenvalue weighted by molar-refractivity contribution is -0.0409. The highest BCUT2D eigenvalue weighted by molar-refractivity contribution is 5.68. The maximum atomic E-state index is 12.5. The second kappa shape index (κ2) is 7.18. The van der Waals surface area contributed by atoms with Crippen molar-refractivity contribution in [2.75, 3.05) is 19.6 Å². The van der Waals surface area contributed by atoms with Crippen molar-refractivity contribution in [2.24, 2.45) is 0 Å². The summed E-state index contributed by atoms with van der Waals surface area (Å²) in [7, 11) is 0. The summed E-state index contributed by atoms with van der Waals surface area (Å²) in [6.07, 6.45) is 1.62. The van der Waals surface area contributed by atoms with Crippen molar-refractivity contribution < 1.29 is 14.6 Å². The largest absolute Gasteiger partial charge is 0.444 e. The number of amides is 1. The van der Waals surface area contributed by atoms with Gasteiger partial charge in [0.25, 0.3) is 0 Å². The van der Waals surface area contributed by atoms with E-state index in [2.05, 4.69) is 18.7 Å². The summed E-state index contributed by atoms with van der Waals surface area (Å²) < 4.78 is 5.56. The Morgan fingerprint density at radius 1 is 1.09 bits per heavy atom. The molecule has 2 unspecified atom stereocenters. The molecule has 0 bridgehead atoms. The summed E-state index contributed by atoms with van der Waals surface area (Å²) in [6.45, 7) is 15.7. The summed E-state index contributed by atoms with van der Waals surface area (Å²) in [4.78, 5) is 16.7. The quantitative estimate of drug-likeness (QED) is 0.867. The Morgan fingerprint density at radius 3 is 2.05 bits per heavy atom. The Labute approximate surface area is 135 Å². The van der Waals surface area contributed by atoms with Crippen LogP contribution in [0.1, 0.15) is 61.3 Å². The van der Waals surface area contributed by atoms with Crippen molar-refractivity contribution >= 4 is 6.09 Å². The van der Waals surface area contributed by atoms with E-state index >= 15 is 0 Å². The van der Waals surface area contributed by atoms with Gasteiger partial charge in [0.05, 0.1) is 5.60 Å². The molecular weight excluding hydrogens is 280 g/mol. The number of β-amino-alcohol motifs (C(OH)–C–C–N with tert-alkyl or cyclic N) is 1. The van der Waals surface area contributed by atoms with Gasteiger partial charge in [-0.2, -0.15) is 0 Å². The highest BCUT2D eigenvalue weighted by Gasteiger charge is 2.38. The van der Waals surface area contributed by atoms with E-state index in [1.807, 2.05) is 39.5 Å². The Morgan fingerprint density at radius 2 is 1.64 bits per heavy atom. The molecule has 0 radical (unpaired) electrons. The van der Waals surface area contributed by atoms with Crippen LogP contribution in [0.2, 0.25) is 0 Å². The predicted octanol–water partition coefficient (Wildman–Crippen LogP) is 2.87. The minimum Gasteiger partial charge on any atom is -0.444 e. The number of rotatable bonds is 4. The summed E-state index contributed by atoms with van der Waals surface area (Å²) in [5, 5.41) is 10.1. The molecule has 1 amide bonds. The first-order valence-corrected chi connectivity index (χ1v) is 8.43. The van der Waals surface area contributed by atoms with E-state index in [0.717, 1.165) is 19.4 Å². The third-order valence-electron chi connectivity index (χ3n) is 3.97. The molecule has 5 heteroatoms. The summed E-state index contributed by atoms with van der Waals surface area (Å²) in [6, 6.07) is 0.404. The first kappa shape index (κ1) is 19.2. The first-order chi connectivity index (χ1) is 9.96. The topological polar surface area (TPSA) is 53.0 Å². The maximum absolute atomic E-state index is 12.5. The molecule has 1 aliphatic rings. The van der Waals surface area contributed by atoms with Gasteiger partial charge in [0.2, 0.25) is 0 Å². The van der Waals surface area contributed by atoms with Crippen molar-refractivity contribution in [1.82, 2.24) is 9.80 Å². The summed E-state index contributed by atoms with van der Waals surface area (Å²) in [5.41, 5.74) is -1.19. The van der Waals surface area contributed by atoms with Gasteiger partial charge in [-0.15, -0.1) is 0 Å². The van der Waals surface area contributed by atoms with Gasteiger partial charge in [-0.05, 0) is 47.5 Å². The van der Waals surface area contributed by atoms with Crippen LogP contribution in [0.25, 0.3) is 0 Å². The van der Waals surface area contributed by atoms with Gasteiger partial charge < -0.3 is 14.7 Å². The summed E-state index contributed by atoms with van der Waals surface area (Å²) in [5.74, 6) is 0. The smallest absolute Gasteiger partial charge is 0.410 e. The van der Waals surface area contributed by atoms with Crippen LogP contribution in [-0.2, 0) is 4.74 Å². The van der Waals surface area contributed by atoms with Gasteiger partial charge in [0.15, 0.2) is 0 Å². The van der Waals surface area contributed by atoms with Crippen molar-refractivity contribution in [2.45, 2.75) is 84.6 Å². The van der Waals surface area contributed by atoms with Crippen LogP contribution in [0, 0.1) is 0 Å². The molecule has 2 atom stereocenters. The SMILES string of the molecule is CCC1CN(C(=O)OC(C)(C)C)C(CC)CN1CC(C)(C)O. The molecule has 0 aliphatic carbocycles. The van der Waals surface area contributed by atoms with E-state index in [4.69, 9.17) is 4.74 Å². The lowest BCUT2D eigenvalue weighted by Gasteiger charge is -2.47. The van der Waals surface area contributed by atoms with E-state index in [1.54, 1.807) is 0 Å². The van der Waals surface area contributed by atoms with Gasteiger partial charge >= 0.3 is 6.09 Å². The molecule has 0 saturated carbocycles. The van der Waals surface area contributed by atoms with Gasteiger partial charge in [0.1, 0.15) is 5.60 Å². The number of carbonyl (C=O) groups excluding carboxylic acids is 1. The number of ether oxygens (including phenoxy) is 1. The van der Waals surface area contributed by atoms with Crippen LogP contribution in [-0.4, -0.2) is 63.9 Å². The van der Waals surface area contributed by atoms with Crippen LogP contribution in [0.4, 0.5) is 4.79 Å². The van der Waals surface area contributed by atoms with Crippen LogP contribution in [0.3, 0.4) is 0 Å². The molecule has 0 aromatic carbocycles. The second-order valence-electron chi connectivity index (χ2n) is 8.00. The lowest BCUT2D eigenvalue weighted by Crippen LogP contribution is -2.62. The minimum atomic E-state index is -0.722. The Kier molecular flexibility index (Phi) is 6.27. The maximum Gasteiger partial charge on any atom is 0.410 e. The van der Waals surface area contributed by atoms with Crippen LogP contribution < -0.4 is 0 Å². The van der Waals surface area contributed by atoms with E-state index in [1.165, 1.54) is 0 Å². The molecule has 0 aromatic rings. The van der Waals surface area contributed by atoms with E-state index in [-0.39, 0.29) is 18.2 Å². The van der Waals surface area contributed by atoms with E-state index in [0.29, 0.717) is 13.1 Å². The molecule has 5 nitrogen and oxygen atoms in total. The zero-order chi connectivity index (χ0) is 17.1. The fraction of sp³-hybridized carbons (Fsp3) is 0.941. The molecule has 1 aliphatic heterocycles. The third-order valence-corrected chi connectivity index (χ3v) is 3.97. The van der Waals surface area contributed by atoms with Crippen LogP contribution >= 0.6 is 0 Å².